The number of unbranched alkanes of at least 4 members (excludes halogenated alkanes) is 5. The molecule has 2 N–H and O–H groups in total. The molecule has 0 radical (unpaired) electrons. The van der Waals surface area contributed by atoms with Gasteiger partial charge >= 0.3 is 35.5 Å². The van der Waals surface area contributed by atoms with Gasteiger partial charge < -0.3 is 20.1 Å². The van der Waals surface area contributed by atoms with E-state index in [1.807, 2.05) is 0 Å². The minimum atomic E-state index is -1.16. The van der Waals surface area contributed by atoms with Crippen LogP contribution >= 0.6 is 0 Å². The van der Waals surface area contributed by atoms with E-state index < -0.39 is 23.8 Å². The Kier molecular flexibility index (Phi) is 15.3. The summed E-state index contributed by atoms with van der Waals surface area (Å²) >= 11 is 0. The smallest absolute Gasteiger partial charge is 0.550 e. The van der Waals surface area contributed by atoms with Crippen LogP contribution in [0.5, 0.6) is 0 Å². The molecule has 0 saturated heterocycles. The van der Waals surface area contributed by atoms with Crippen molar-refractivity contribution in [2.75, 3.05) is 26.4 Å². The zero-order valence-corrected chi connectivity index (χ0v) is 17.8. The zero-order chi connectivity index (χ0) is 17.9. The molecule has 7 heteroatoms. The van der Waals surface area contributed by atoms with Crippen LogP contribution in [-0.4, -0.2) is 53.0 Å². The number of carboxylic acid groups (broad SMARTS) is 2. The van der Waals surface area contributed by atoms with Gasteiger partial charge in [0.2, 0.25) is 0 Å². The maximum atomic E-state index is 11.1. The molecule has 0 heterocycles. The van der Waals surface area contributed by atoms with E-state index in [0.717, 1.165) is 19.3 Å². The first kappa shape index (κ1) is 26.1. The Labute approximate surface area is 168 Å². The molecule has 24 heavy (non-hydrogen) atoms. The van der Waals surface area contributed by atoms with Crippen molar-refractivity contribution < 1.29 is 58.9 Å². The van der Waals surface area contributed by atoms with Crippen LogP contribution < -0.4 is 34.7 Å². The van der Waals surface area contributed by atoms with Gasteiger partial charge in [-0.05, 0) is 19.8 Å². The number of nitrogens with zero attached hydrogens (tertiary/aromatic N) is 1. The van der Waals surface area contributed by atoms with Gasteiger partial charge in [0.15, 0.2) is 6.73 Å². The normalized spacial score (nSPS) is 15.8. The van der Waals surface area contributed by atoms with Gasteiger partial charge in [-0.1, -0.05) is 39.5 Å². The van der Waals surface area contributed by atoms with E-state index in [4.69, 9.17) is 5.11 Å². The summed E-state index contributed by atoms with van der Waals surface area (Å²) in [6.07, 6.45) is 6.55. The Balaban J connectivity index is 0. The second-order valence-electron chi connectivity index (χ2n) is 6.80. The van der Waals surface area contributed by atoms with Crippen molar-refractivity contribution >= 4 is 11.9 Å². The molecular weight excluding hydrogens is 321 g/mol. The molecule has 0 aliphatic carbocycles. The number of quaternary nitrogens is 1. The molecule has 0 spiro atoms. The molecule has 3 atom stereocenters. The van der Waals surface area contributed by atoms with E-state index in [0.29, 0.717) is 6.54 Å². The summed E-state index contributed by atoms with van der Waals surface area (Å²) in [6, 6.07) is 0. The molecule has 0 saturated carbocycles. The Morgan fingerprint density at radius 1 is 1.00 bits per heavy atom. The third-order valence-electron chi connectivity index (χ3n) is 4.43. The van der Waals surface area contributed by atoms with Gasteiger partial charge in [0.05, 0.1) is 19.6 Å². The molecule has 0 amide bonds. The van der Waals surface area contributed by atoms with Crippen LogP contribution in [0.25, 0.3) is 0 Å². The van der Waals surface area contributed by atoms with Crippen molar-refractivity contribution in [3.8, 4) is 0 Å². The molecule has 0 bridgehead atoms. The molecule has 0 fully saturated rings. The van der Waals surface area contributed by atoms with Crippen molar-refractivity contribution in [1.82, 2.24) is 0 Å². The minimum absolute atomic E-state index is 0. The van der Waals surface area contributed by atoms with Gasteiger partial charge in [-0.3, -0.25) is 9.28 Å². The number of aliphatic hydroxyl groups is 1. The van der Waals surface area contributed by atoms with E-state index in [-0.39, 0.29) is 53.9 Å². The van der Waals surface area contributed by atoms with Crippen molar-refractivity contribution in [2.24, 2.45) is 11.8 Å². The molecule has 0 aliphatic heterocycles. The molecule has 136 valence electrons. The molecule has 3 unspecified atom stereocenters. The van der Waals surface area contributed by atoms with E-state index in [1.165, 1.54) is 19.3 Å². The number of aliphatic hydroxyl groups excluding tert-OH is 1. The van der Waals surface area contributed by atoms with E-state index in [2.05, 4.69) is 6.92 Å². The first-order valence-corrected chi connectivity index (χ1v) is 8.67. The summed E-state index contributed by atoms with van der Waals surface area (Å²) in [7, 11) is 0. The fourth-order valence-corrected chi connectivity index (χ4v) is 2.99. The summed E-state index contributed by atoms with van der Waals surface area (Å²) < 4.78 is 0.108. The van der Waals surface area contributed by atoms with Crippen LogP contribution in [0, 0.1) is 11.8 Å². The number of hydrogen-bond acceptors (Lipinski definition) is 4. The number of aliphatic carboxylic acids is 2. The van der Waals surface area contributed by atoms with Crippen LogP contribution in [0.4, 0.5) is 0 Å². The summed E-state index contributed by atoms with van der Waals surface area (Å²) in [6.45, 7) is 6.08. The Morgan fingerprint density at radius 2 is 1.50 bits per heavy atom. The van der Waals surface area contributed by atoms with E-state index >= 15 is 0 Å². The van der Waals surface area contributed by atoms with Crippen LogP contribution in [-0.2, 0) is 9.59 Å². The van der Waals surface area contributed by atoms with Crippen LogP contribution in [0.1, 0.15) is 59.3 Å². The monoisotopic (exact) mass is 354 g/mol. The average molecular weight is 354 g/mol. The van der Waals surface area contributed by atoms with E-state index in [9.17, 15) is 19.8 Å². The fourth-order valence-electron chi connectivity index (χ4n) is 2.99. The quantitative estimate of drug-likeness (QED) is 0.166. The molecule has 0 aliphatic rings. The maximum Gasteiger partial charge on any atom is 1.00 e. The molecule has 0 rings (SSSR count). The van der Waals surface area contributed by atoms with Crippen LogP contribution in [0.15, 0.2) is 0 Å². The third kappa shape index (κ3) is 10.7. The summed E-state index contributed by atoms with van der Waals surface area (Å²) in [5, 5.41) is 30.0. The number of carboxylic acids is 2. The molecular formula is C17H33NNaO5+. The Hall–Kier alpha value is -0.140. The van der Waals surface area contributed by atoms with Crippen molar-refractivity contribution in [3.63, 3.8) is 0 Å². The minimum Gasteiger partial charge on any atom is -0.550 e. The largest absolute Gasteiger partial charge is 1.00 e. The van der Waals surface area contributed by atoms with Crippen LogP contribution in [0.3, 0.4) is 0 Å². The van der Waals surface area contributed by atoms with Crippen LogP contribution in [0.2, 0.25) is 0 Å². The molecule has 6 nitrogen and oxygen atoms in total. The zero-order valence-electron chi connectivity index (χ0n) is 15.8. The second kappa shape index (κ2) is 14.1. The second-order valence-corrected chi connectivity index (χ2v) is 6.80. The van der Waals surface area contributed by atoms with Gasteiger partial charge in [-0.15, -0.1) is 0 Å². The van der Waals surface area contributed by atoms with Crippen molar-refractivity contribution in [1.29, 1.82) is 0 Å². The maximum absolute atomic E-state index is 11.1. The number of carbonyl (C=O) groups excluding carboxylic acids is 1. The predicted octanol–water partition coefficient (Wildman–Crippen LogP) is -1.78. The first-order valence-electron chi connectivity index (χ1n) is 8.67. The first-order chi connectivity index (χ1) is 10.8. The Bertz CT molecular complexity index is 343. The topological polar surface area (TPSA) is 97.7 Å². The van der Waals surface area contributed by atoms with Gasteiger partial charge in [0.25, 0.3) is 0 Å². The molecule has 0 aromatic heterocycles. The SMILES string of the molecule is CCCCCCCC[N+](CO)(CC(C)C(=O)[O-])CC(C)C(=O)O.[Na+]. The third-order valence-corrected chi connectivity index (χ3v) is 4.43. The molecule has 0 aromatic carbocycles. The average Bonchev–Trinajstić information content (AvgIpc) is 2.50. The standard InChI is InChI=1S/C17H33NO5.Na/c1-4-5-6-7-8-9-10-18(13-19,11-14(2)16(20)21)12-15(3)17(22)23;/h14-15,19H,4-13H2,1-3H3,(H-,20,21,22,23);/q;+1. The van der Waals surface area contributed by atoms with Crippen molar-refractivity contribution in [3.05, 3.63) is 0 Å². The predicted molar refractivity (Wildman–Crippen MR) is 86.3 cm³/mol. The number of rotatable bonds is 14. The summed E-state index contributed by atoms with van der Waals surface area (Å²) in [5.41, 5.74) is 0. The van der Waals surface area contributed by atoms with Gasteiger partial charge in [-0.2, -0.15) is 0 Å². The van der Waals surface area contributed by atoms with Gasteiger partial charge in [-0.25, -0.2) is 0 Å². The number of hydrogen-bond donors (Lipinski definition) is 2. The summed E-state index contributed by atoms with van der Waals surface area (Å²) in [5.74, 6) is -3.43. The Morgan fingerprint density at radius 3 is 1.96 bits per heavy atom. The van der Waals surface area contributed by atoms with Crippen molar-refractivity contribution in [2.45, 2.75) is 59.3 Å². The van der Waals surface area contributed by atoms with E-state index in [1.54, 1.807) is 13.8 Å². The molecule has 0 aromatic rings. The van der Waals surface area contributed by atoms with Gasteiger partial charge in [0, 0.05) is 11.9 Å². The number of carbonyl (C=O) groups is 2. The summed E-state index contributed by atoms with van der Waals surface area (Å²) in [4.78, 5) is 22.2. The fraction of sp³-hybridized carbons (Fsp3) is 0.882. The van der Waals surface area contributed by atoms with Gasteiger partial charge in [0.1, 0.15) is 5.92 Å².